The number of hydrogen-bond donors (Lipinski definition) is 1. The molecular formula is C21H20N2O4. The van der Waals surface area contributed by atoms with Crippen molar-refractivity contribution in [2.45, 2.75) is 13.8 Å². The van der Waals surface area contributed by atoms with Crippen LogP contribution in [0.4, 0.5) is 5.69 Å². The second kappa shape index (κ2) is 9.78. The number of amides is 1. The first-order chi connectivity index (χ1) is 13.1. The van der Waals surface area contributed by atoms with Crippen molar-refractivity contribution in [3.63, 3.8) is 0 Å². The monoisotopic (exact) mass is 364 g/mol. The van der Waals surface area contributed by atoms with Crippen molar-refractivity contribution in [3.05, 3.63) is 65.2 Å². The number of nitrogens with one attached hydrogen (secondary N) is 1. The Morgan fingerprint density at radius 3 is 2.26 bits per heavy atom. The maximum absolute atomic E-state index is 12.3. The van der Waals surface area contributed by atoms with Gasteiger partial charge in [0.05, 0.1) is 18.8 Å². The second-order valence-electron chi connectivity index (χ2n) is 5.42. The summed E-state index contributed by atoms with van der Waals surface area (Å²) in [5.41, 5.74) is 1.54. The van der Waals surface area contributed by atoms with Crippen LogP contribution >= 0.6 is 0 Å². The highest BCUT2D eigenvalue weighted by Crippen LogP contribution is 2.16. The molecule has 0 aromatic heterocycles. The fourth-order valence-corrected chi connectivity index (χ4v) is 2.24. The molecule has 2 aromatic rings. The van der Waals surface area contributed by atoms with Gasteiger partial charge in [0.1, 0.15) is 17.4 Å². The van der Waals surface area contributed by atoms with Gasteiger partial charge < -0.3 is 14.8 Å². The van der Waals surface area contributed by atoms with Gasteiger partial charge in [-0.25, -0.2) is 4.79 Å². The zero-order valence-corrected chi connectivity index (χ0v) is 15.2. The number of benzene rings is 2. The summed E-state index contributed by atoms with van der Waals surface area (Å²) in [5.74, 6) is -0.238. The Labute approximate surface area is 158 Å². The van der Waals surface area contributed by atoms with Crippen LogP contribution in [0.3, 0.4) is 0 Å². The van der Waals surface area contributed by atoms with Gasteiger partial charge in [0, 0.05) is 5.69 Å². The van der Waals surface area contributed by atoms with Crippen molar-refractivity contribution in [1.82, 2.24) is 0 Å². The highest BCUT2D eigenvalue weighted by atomic mass is 16.5. The molecular weight excluding hydrogens is 344 g/mol. The molecule has 6 nitrogen and oxygen atoms in total. The smallest absolute Gasteiger partial charge is 0.338 e. The molecule has 0 aliphatic carbocycles. The van der Waals surface area contributed by atoms with E-state index in [1.165, 1.54) is 6.08 Å². The van der Waals surface area contributed by atoms with Gasteiger partial charge in [-0.3, -0.25) is 4.79 Å². The molecule has 0 atom stereocenters. The van der Waals surface area contributed by atoms with Crippen LogP contribution in [-0.2, 0) is 9.53 Å². The average molecular weight is 364 g/mol. The van der Waals surface area contributed by atoms with E-state index in [9.17, 15) is 14.9 Å². The number of anilines is 1. The average Bonchev–Trinajstić information content (AvgIpc) is 2.68. The summed E-state index contributed by atoms with van der Waals surface area (Å²) < 4.78 is 10.3. The number of rotatable bonds is 7. The quantitative estimate of drug-likeness (QED) is 0.458. The van der Waals surface area contributed by atoms with Crippen molar-refractivity contribution in [3.8, 4) is 11.8 Å². The zero-order valence-electron chi connectivity index (χ0n) is 15.2. The van der Waals surface area contributed by atoms with E-state index in [1.807, 2.05) is 13.0 Å². The van der Waals surface area contributed by atoms with Crippen molar-refractivity contribution >= 4 is 23.6 Å². The Balaban J connectivity index is 2.08. The molecule has 27 heavy (non-hydrogen) atoms. The van der Waals surface area contributed by atoms with Crippen LogP contribution in [-0.4, -0.2) is 25.1 Å². The number of nitriles is 1. The molecule has 1 amide bonds. The van der Waals surface area contributed by atoms with Crippen LogP contribution in [0, 0.1) is 11.3 Å². The third-order valence-corrected chi connectivity index (χ3v) is 3.52. The largest absolute Gasteiger partial charge is 0.494 e. The van der Waals surface area contributed by atoms with E-state index in [1.54, 1.807) is 55.5 Å². The lowest BCUT2D eigenvalue weighted by atomic mass is 10.1. The molecule has 2 aromatic carbocycles. The fourth-order valence-electron chi connectivity index (χ4n) is 2.24. The molecule has 0 saturated heterocycles. The lowest BCUT2D eigenvalue weighted by Crippen LogP contribution is -2.13. The molecule has 0 radical (unpaired) electrons. The van der Waals surface area contributed by atoms with Crippen LogP contribution in [0.25, 0.3) is 6.08 Å². The van der Waals surface area contributed by atoms with E-state index in [0.29, 0.717) is 30.0 Å². The van der Waals surface area contributed by atoms with Crippen LogP contribution in [0.5, 0.6) is 5.75 Å². The summed E-state index contributed by atoms with van der Waals surface area (Å²) in [6.45, 7) is 4.48. The second-order valence-corrected chi connectivity index (χ2v) is 5.42. The Morgan fingerprint density at radius 1 is 1.04 bits per heavy atom. The number of esters is 1. The molecule has 0 saturated carbocycles. The standard InChI is InChI=1S/C21H20N2O4/c1-3-26-19-11-5-15(6-12-19)13-17(14-22)20(24)23-18-9-7-16(8-10-18)21(25)27-4-2/h5-13H,3-4H2,1-2H3,(H,23,24)/b17-13+. The number of nitrogens with zero attached hydrogens (tertiary/aromatic N) is 1. The van der Waals surface area contributed by atoms with E-state index in [4.69, 9.17) is 9.47 Å². The van der Waals surface area contributed by atoms with Gasteiger partial charge in [-0.05, 0) is 61.9 Å². The van der Waals surface area contributed by atoms with Crippen molar-refractivity contribution in [2.24, 2.45) is 0 Å². The summed E-state index contributed by atoms with van der Waals surface area (Å²) in [6.07, 6.45) is 1.50. The lowest BCUT2D eigenvalue weighted by molar-refractivity contribution is -0.112. The molecule has 0 unspecified atom stereocenters. The minimum absolute atomic E-state index is 0.0337. The molecule has 6 heteroatoms. The van der Waals surface area contributed by atoms with Gasteiger partial charge in [-0.15, -0.1) is 0 Å². The Morgan fingerprint density at radius 2 is 1.70 bits per heavy atom. The molecule has 0 spiro atoms. The maximum atomic E-state index is 12.3. The predicted molar refractivity (Wildman–Crippen MR) is 102 cm³/mol. The maximum Gasteiger partial charge on any atom is 0.338 e. The van der Waals surface area contributed by atoms with Gasteiger partial charge in [-0.2, -0.15) is 5.26 Å². The minimum atomic E-state index is -0.532. The number of carbonyl (C=O) groups is 2. The topological polar surface area (TPSA) is 88.4 Å². The molecule has 138 valence electrons. The number of ether oxygens (including phenoxy) is 2. The third kappa shape index (κ3) is 5.72. The van der Waals surface area contributed by atoms with Gasteiger partial charge in [0.2, 0.25) is 0 Å². The first-order valence-corrected chi connectivity index (χ1v) is 8.50. The Bertz CT molecular complexity index is 863. The zero-order chi connectivity index (χ0) is 19.6. The highest BCUT2D eigenvalue weighted by Gasteiger charge is 2.11. The van der Waals surface area contributed by atoms with Crippen LogP contribution in [0.1, 0.15) is 29.8 Å². The molecule has 2 rings (SSSR count). The third-order valence-electron chi connectivity index (χ3n) is 3.52. The van der Waals surface area contributed by atoms with Crippen molar-refractivity contribution < 1.29 is 19.1 Å². The summed E-state index contributed by atoms with van der Waals surface area (Å²) >= 11 is 0. The summed E-state index contributed by atoms with van der Waals surface area (Å²) in [4.78, 5) is 24.0. The summed E-state index contributed by atoms with van der Waals surface area (Å²) in [7, 11) is 0. The molecule has 0 fully saturated rings. The first kappa shape index (κ1) is 19.7. The van der Waals surface area contributed by atoms with Gasteiger partial charge in [-0.1, -0.05) is 12.1 Å². The van der Waals surface area contributed by atoms with Crippen LogP contribution < -0.4 is 10.1 Å². The molecule has 0 aliphatic rings. The number of carbonyl (C=O) groups excluding carboxylic acids is 2. The van der Waals surface area contributed by atoms with E-state index in [2.05, 4.69) is 5.32 Å². The van der Waals surface area contributed by atoms with E-state index in [0.717, 1.165) is 5.75 Å². The summed E-state index contributed by atoms with van der Waals surface area (Å²) in [5, 5.41) is 11.9. The molecule has 0 heterocycles. The van der Waals surface area contributed by atoms with E-state index < -0.39 is 11.9 Å². The van der Waals surface area contributed by atoms with Gasteiger partial charge in [0.15, 0.2) is 0 Å². The van der Waals surface area contributed by atoms with E-state index in [-0.39, 0.29) is 5.57 Å². The van der Waals surface area contributed by atoms with Gasteiger partial charge >= 0.3 is 5.97 Å². The Hall–Kier alpha value is -3.59. The fraction of sp³-hybridized carbons (Fsp3) is 0.190. The number of hydrogen-bond acceptors (Lipinski definition) is 5. The molecule has 0 aliphatic heterocycles. The Kier molecular flexibility index (Phi) is 7.15. The van der Waals surface area contributed by atoms with Crippen molar-refractivity contribution in [1.29, 1.82) is 5.26 Å². The normalized spacial score (nSPS) is 10.6. The van der Waals surface area contributed by atoms with E-state index >= 15 is 0 Å². The van der Waals surface area contributed by atoms with Crippen molar-refractivity contribution in [2.75, 3.05) is 18.5 Å². The predicted octanol–water partition coefficient (Wildman–Crippen LogP) is 3.81. The lowest BCUT2D eigenvalue weighted by Gasteiger charge is -2.06. The summed E-state index contributed by atoms with van der Waals surface area (Å²) in [6, 6.07) is 15.2. The minimum Gasteiger partial charge on any atom is -0.494 e. The highest BCUT2D eigenvalue weighted by molar-refractivity contribution is 6.09. The van der Waals surface area contributed by atoms with Gasteiger partial charge in [0.25, 0.3) is 5.91 Å². The van der Waals surface area contributed by atoms with Crippen LogP contribution in [0.15, 0.2) is 54.1 Å². The SMILES string of the molecule is CCOC(=O)c1ccc(NC(=O)/C(C#N)=C/c2ccc(OCC)cc2)cc1. The van der Waals surface area contributed by atoms with Crippen LogP contribution in [0.2, 0.25) is 0 Å². The molecule has 1 N–H and O–H groups in total. The molecule has 0 bridgehead atoms. The first-order valence-electron chi connectivity index (χ1n) is 8.50.